The molecule has 1 unspecified atom stereocenters. The topological polar surface area (TPSA) is 32.5 Å². The van der Waals surface area contributed by atoms with Crippen molar-refractivity contribution in [3.8, 4) is 0 Å². The van der Waals surface area contributed by atoms with Crippen LogP contribution < -0.4 is 10.6 Å². The van der Waals surface area contributed by atoms with Crippen molar-refractivity contribution in [3.63, 3.8) is 0 Å². The summed E-state index contributed by atoms with van der Waals surface area (Å²) in [6.45, 7) is 6.49. The monoisotopic (exact) mass is 295 g/mol. The summed E-state index contributed by atoms with van der Waals surface area (Å²) < 4.78 is 0. The zero-order chi connectivity index (χ0) is 15.5. The Balaban J connectivity index is 1.94. The molecule has 0 spiro atoms. The van der Waals surface area contributed by atoms with Crippen LogP contribution in [0.4, 0.5) is 5.69 Å². The molecule has 2 aromatic carbocycles. The molecule has 1 fully saturated rings. The molecule has 1 heterocycles. The van der Waals surface area contributed by atoms with Gasteiger partial charge < -0.3 is 15.5 Å². The average molecular weight is 295 g/mol. The summed E-state index contributed by atoms with van der Waals surface area (Å²) in [6, 6.07) is 16.9. The molecule has 1 aliphatic heterocycles. The highest BCUT2D eigenvalue weighted by Crippen LogP contribution is 2.30. The Morgan fingerprint density at radius 2 is 1.64 bits per heavy atom. The third-order valence-electron chi connectivity index (χ3n) is 4.52. The summed E-state index contributed by atoms with van der Waals surface area (Å²) >= 11 is 0. The van der Waals surface area contributed by atoms with Gasteiger partial charge in [0.15, 0.2) is 0 Å². The number of rotatable bonds is 3. The van der Waals surface area contributed by atoms with Crippen LogP contribution in [0.25, 0.3) is 0 Å². The largest absolute Gasteiger partial charge is 0.369 e. The van der Waals surface area contributed by atoms with E-state index in [0.29, 0.717) is 0 Å². The smallest absolute Gasteiger partial charge is 0.0572 e. The minimum Gasteiger partial charge on any atom is -0.369 e. The summed E-state index contributed by atoms with van der Waals surface area (Å²) in [7, 11) is 2.18. The van der Waals surface area contributed by atoms with Gasteiger partial charge in [0, 0.05) is 31.9 Å². The van der Waals surface area contributed by atoms with Gasteiger partial charge in [0.2, 0.25) is 0 Å². The van der Waals surface area contributed by atoms with Crippen molar-refractivity contribution in [1.29, 1.82) is 0 Å². The molecule has 1 aliphatic rings. The van der Waals surface area contributed by atoms with Gasteiger partial charge in [-0.25, -0.2) is 0 Å². The van der Waals surface area contributed by atoms with E-state index >= 15 is 0 Å². The van der Waals surface area contributed by atoms with E-state index < -0.39 is 0 Å². The van der Waals surface area contributed by atoms with Crippen LogP contribution in [0.5, 0.6) is 0 Å². The first-order chi connectivity index (χ1) is 10.6. The molecule has 22 heavy (non-hydrogen) atoms. The molecule has 1 atom stereocenters. The Labute approximate surface area is 133 Å². The number of hydrogen-bond acceptors (Lipinski definition) is 3. The molecule has 0 amide bonds. The van der Waals surface area contributed by atoms with Crippen molar-refractivity contribution in [2.24, 2.45) is 5.73 Å². The molecule has 2 aromatic rings. The lowest BCUT2D eigenvalue weighted by atomic mass is 9.96. The Morgan fingerprint density at radius 3 is 2.32 bits per heavy atom. The Kier molecular flexibility index (Phi) is 4.46. The molecule has 0 saturated carbocycles. The number of likely N-dealkylation sites (N-methyl/N-ethyl adjacent to an activating group) is 1. The van der Waals surface area contributed by atoms with Crippen LogP contribution in [0, 0.1) is 6.92 Å². The zero-order valence-electron chi connectivity index (χ0n) is 13.5. The first-order valence-electron chi connectivity index (χ1n) is 8.00. The van der Waals surface area contributed by atoms with E-state index in [0.717, 1.165) is 26.2 Å². The SMILES string of the molecule is Cc1ccc(C(N)c2ccccc2)c(N2CCN(C)CC2)c1. The van der Waals surface area contributed by atoms with Gasteiger partial charge in [0.25, 0.3) is 0 Å². The van der Waals surface area contributed by atoms with Crippen molar-refractivity contribution in [2.45, 2.75) is 13.0 Å². The predicted molar refractivity (Wildman–Crippen MR) is 93.4 cm³/mol. The second-order valence-corrected chi connectivity index (χ2v) is 6.24. The molecule has 1 saturated heterocycles. The van der Waals surface area contributed by atoms with E-state index in [2.05, 4.69) is 66.2 Å². The molecule has 0 bridgehead atoms. The van der Waals surface area contributed by atoms with Gasteiger partial charge in [-0.2, -0.15) is 0 Å². The van der Waals surface area contributed by atoms with E-state index in [-0.39, 0.29) is 6.04 Å². The van der Waals surface area contributed by atoms with E-state index in [4.69, 9.17) is 5.73 Å². The maximum Gasteiger partial charge on any atom is 0.0572 e. The Hall–Kier alpha value is -1.84. The third-order valence-corrected chi connectivity index (χ3v) is 4.52. The lowest BCUT2D eigenvalue weighted by molar-refractivity contribution is 0.312. The van der Waals surface area contributed by atoms with E-state index in [1.807, 2.05) is 6.07 Å². The minimum atomic E-state index is -0.0727. The number of nitrogens with two attached hydrogens (primary N) is 1. The molecule has 0 aromatic heterocycles. The first kappa shape index (κ1) is 15.1. The second kappa shape index (κ2) is 6.51. The first-order valence-corrected chi connectivity index (χ1v) is 8.00. The van der Waals surface area contributed by atoms with Crippen molar-refractivity contribution in [2.75, 3.05) is 38.1 Å². The van der Waals surface area contributed by atoms with Gasteiger partial charge >= 0.3 is 0 Å². The maximum absolute atomic E-state index is 6.56. The van der Waals surface area contributed by atoms with Gasteiger partial charge in [-0.05, 0) is 36.7 Å². The lowest BCUT2D eigenvalue weighted by Gasteiger charge is -2.36. The van der Waals surface area contributed by atoms with Crippen molar-refractivity contribution in [3.05, 3.63) is 65.2 Å². The highest BCUT2D eigenvalue weighted by atomic mass is 15.2. The number of nitrogens with zero attached hydrogens (tertiary/aromatic N) is 2. The molecule has 116 valence electrons. The van der Waals surface area contributed by atoms with Crippen LogP contribution in [0.3, 0.4) is 0 Å². The molecular formula is C19H25N3. The second-order valence-electron chi connectivity index (χ2n) is 6.24. The average Bonchev–Trinajstić information content (AvgIpc) is 2.56. The fourth-order valence-electron chi connectivity index (χ4n) is 3.08. The van der Waals surface area contributed by atoms with Gasteiger partial charge in [-0.1, -0.05) is 42.5 Å². The van der Waals surface area contributed by atoms with Crippen LogP contribution in [0.15, 0.2) is 48.5 Å². The number of anilines is 1. The Morgan fingerprint density at radius 1 is 0.955 bits per heavy atom. The minimum absolute atomic E-state index is 0.0727. The molecule has 0 aliphatic carbocycles. The molecule has 3 nitrogen and oxygen atoms in total. The highest BCUT2D eigenvalue weighted by molar-refractivity contribution is 5.59. The zero-order valence-corrected chi connectivity index (χ0v) is 13.5. The summed E-state index contributed by atoms with van der Waals surface area (Å²) in [5.41, 5.74) is 11.5. The van der Waals surface area contributed by atoms with Crippen LogP contribution >= 0.6 is 0 Å². The van der Waals surface area contributed by atoms with Crippen LogP contribution in [-0.4, -0.2) is 38.1 Å². The van der Waals surface area contributed by atoms with Crippen molar-refractivity contribution >= 4 is 5.69 Å². The Bertz CT molecular complexity index is 616. The van der Waals surface area contributed by atoms with Crippen LogP contribution in [0.1, 0.15) is 22.7 Å². The number of piperazine rings is 1. The fraction of sp³-hybridized carbons (Fsp3) is 0.368. The predicted octanol–water partition coefficient (Wildman–Crippen LogP) is 2.79. The van der Waals surface area contributed by atoms with Crippen LogP contribution in [0.2, 0.25) is 0 Å². The maximum atomic E-state index is 6.56. The van der Waals surface area contributed by atoms with Gasteiger partial charge in [0.1, 0.15) is 0 Å². The number of benzene rings is 2. The van der Waals surface area contributed by atoms with Gasteiger partial charge in [-0.3, -0.25) is 0 Å². The van der Waals surface area contributed by atoms with Crippen molar-refractivity contribution < 1.29 is 0 Å². The lowest BCUT2D eigenvalue weighted by Crippen LogP contribution is -2.45. The van der Waals surface area contributed by atoms with E-state index in [1.165, 1.54) is 22.4 Å². The van der Waals surface area contributed by atoms with E-state index in [9.17, 15) is 0 Å². The molecule has 3 rings (SSSR count). The summed E-state index contributed by atoms with van der Waals surface area (Å²) in [5.74, 6) is 0. The molecular weight excluding hydrogens is 270 g/mol. The van der Waals surface area contributed by atoms with Gasteiger partial charge in [-0.15, -0.1) is 0 Å². The van der Waals surface area contributed by atoms with Crippen LogP contribution in [-0.2, 0) is 0 Å². The molecule has 3 heteroatoms. The molecule has 2 N–H and O–H groups in total. The third kappa shape index (κ3) is 3.16. The fourth-order valence-corrected chi connectivity index (χ4v) is 3.08. The quantitative estimate of drug-likeness (QED) is 0.945. The highest BCUT2D eigenvalue weighted by Gasteiger charge is 2.20. The molecule has 0 radical (unpaired) electrons. The normalized spacial score (nSPS) is 17.5. The van der Waals surface area contributed by atoms with E-state index in [1.54, 1.807) is 0 Å². The standard InChI is InChI=1S/C19H25N3/c1-15-8-9-17(19(20)16-6-4-3-5-7-16)18(14-15)22-12-10-21(2)11-13-22/h3-9,14,19H,10-13,20H2,1-2H3. The summed E-state index contributed by atoms with van der Waals surface area (Å²) in [6.07, 6.45) is 0. The summed E-state index contributed by atoms with van der Waals surface area (Å²) in [4.78, 5) is 4.86. The van der Waals surface area contributed by atoms with Gasteiger partial charge in [0.05, 0.1) is 6.04 Å². The summed E-state index contributed by atoms with van der Waals surface area (Å²) in [5, 5.41) is 0. The number of aryl methyl sites for hydroxylation is 1. The number of hydrogen-bond donors (Lipinski definition) is 1. The van der Waals surface area contributed by atoms with Crippen molar-refractivity contribution in [1.82, 2.24) is 4.90 Å².